The molecule has 0 radical (unpaired) electrons. The van der Waals surface area contributed by atoms with Crippen molar-refractivity contribution in [2.75, 3.05) is 19.5 Å². The number of fused-ring (bicyclic) bond motifs is 1. The van der Waals surface area contributed by atoms with E-state index in [1.807, 2.05) is 51.1 Å². The Hall–Kier alpha value is -2.64. The number of benzene rings is 1. The molecule has 0 saturated carbocycles. The number of aromatic nitrogens is 3. The average molecular weight is 426 g/mol. The second kappa shape index (κ2) is 9.45. The molecule has 2 heterocycles. The van der Waals surface area contributed by atoms with Crippen LogP contribution < -0.4 is 5.56 Å². The maximum Gasteiger partial charge on any atom is 0.262 e. The Morgan fingerprint density at radius 1 is 1.33 bits per heavy atom. The van der Waals surface area contributed by atoms with Crippen molar-refractivity contribution in [3.8, 4) is 0 Å². The summed E-state index contributed by atoms with van der Waals surface area (Å²) in [6.45, 7) is 10.7. The summed E-state index contributed by atoms with van der Waals surface area (Å²) in [6, 6.07) is 8.98. The van der Waals surface area contributed by atoms with E-state index < -0.39 is 0 Å². The van der Waals surface area contributed by atoms with E-state index in [2.05, 4.69) is 16.1 Å². The average Bonchev–Trinajstić information content (AvgIpc) is 3.01. The van der Waals surface area contributed by atoms with Crippen molar-refractivity contribution < 1.29 is 9.53 Å². The molecule has 2 aromatic heterocycles. The summed E-state index contributed by atoms with van der Waals surface area (Å²) >= 11 is 1.29. The van der Waals surface area contributed by atoms with Crippen LogP contribution in [0.5, 0.6) is 0 Å². The quantitative estimate of drug-likeness (QED) is 0.223. The zero-order chi connectivity index (χ0) is 21.8. The van der Waals surface area contributed by atoms with Gasteiger partial charge < -0.3 is 9.30 Å². The molecule has 1 aromatic carbocycles. The molecule has 0 amide bonds. The van der Waals surface area contributed by atoms with Gasteiger partial charge in [-0.1, -0.05) is 30.0 Å². The van der Waals surface area contributed by atoms with E-state index in [-0.39, 0.29) is 23.1 Å². The van der Waals surface area contributed by atoms with Crippen LogP contribution in [0.2, 0.25) is 0 Å². The van der Waals surface area contributed by atoms with E-state index in [9.17, 15) is 9.59 Å². The van der Waals surface area contributed by atoms with Crippen molar-refractivity contribution in [3.05, 3.63) is 70.3 Å². The maximum atomic E-state index is 13.1. The van der Waals surface area contributed by atoms with Crippen molar-refractivity contribution in [1.82, 2.24) is 14.1 Å². The number of allylic oxidation sites excluding steroid dienone is 1. The first-order chi connectivity index (χ1) is 14.4. The Bertz CT molecular complexity index is 1150. The minimum atomic E-state index is -0.199. The SMILES string of the molecule is C=CCn1c(C)cc(C(=O)CSc2nc3ccccc3c(=O)n2[C@@H](C)COC)c1C. The van der Waals surface area contributed by atoms with E-state index in [1.54, 1.807) is 17.7 Å². The van der Waals surface area contributed by atoms with Crippen molar-refractivity contribution in [3.63, 3.8) is 0 Å². The van der Waals surface area contributed by atoms with Crippen LogP contribution in [0.3, 0.4) is 0 Å². The molecule has 0 aliphatic rings. The second-order valence-corrected chi connectivity index (χ2v) is 8.23. The minimum absolute atomic E-state index is 0.0109. The Kier molecular flexibility index (Phi) is 6.95. The molecule has 0 unspecified atom stereocenters. The molecule has 6 nitrogen and oxygen atoms in total. The highest BCUT2D eigenvalue weighted by Crippen LogP contribution is 2.24. The Balaban J connectivity index is 1.94. The molecular formula is C23H27N3O3S. The van der Waals surface area contributed by atoms with Gasteiger partial charge in [0.25, 0.3) is 5.56 Å². The molecule has 0 aliphatic carbocycles. The smallest absolute Gasteiger partial charge is 0.262 e. The van der Waals surface area contributed by atoms with Gasteiger partial charge in [0.05, 0.1) is 29.3 Å². The summed E-state index contributed by atoms with van der Waals surface area (Å²) < 4.78 is 8.95. The lowest BCUT2D eigenvalue weighted by Gasteiger charge is -2.18. The number of hydrogen-bond acceptors (Lipinski definition) is 5. The van der Waals surface area contributed by atoms with Crippen LogP contribution in [-0.4, -0.2) is 39.4 Å². The zero-order valence-electron chi connectivity index (χ0n) is 17.8. The number of rotatable bonds is 9. The van der Waals surface area contributed by atoms with E-state index in [0.717, 1.165) is 11.4 Å². The number of hydrogen-bond donors (Lipinski definition) is 0. The van der Waals surface area contributed by atoms with Crippen LogP contribution in [-0.2, 0) is 11.3 Å². The lowest BCUT2D eigenvalue weighted by atomic mass is 10.2. The maximum absolute atomic E-state index is 13.1. The second-order valence-electron chi connectivity index (χ2n) is 7.29. The first kappa shape index (κ1) is 22.1. The summed E-state index contributed by atoms with van der Waals surface area (Å²) in [5.74, 6) is 0.208. The third-order valence-electron chi connectivity index (χ3n) is 5.14. The zero-order valence-corrected chi connectivity index (χ0v) is 18.7. The lowest BCUT2D eigenvalue weighted by molar-refractivity contribution is 0.102. The van der Waals surface area contributed by atoms with Gasteiger partial charge in [-0.2, -0.15) is 0 Å². The fourth-order valence-electron chi connectivity index (χ4n) is 3.63. The molecule has 0 spiro atoms. The van der Waals surface area contributed by atoms with Gasteiger partial charge in [0, 0.05) is 30.6 Å². The van der Waals surface area contributed by atoms with Gasteiger partial charge in [0.1, 0.15) is 0 Å². The topological polar surface area (TPSA) is 66.1 Å². The number of carbonyl (C=O) groups is 1. The van der Waals surface area contributed by atoms with E-state index in [4.69, 9.17) is 4.74 Å². The van der Waals surface area contributed by atoms with Gasteiger partial charge in [0.2, 0.25) is 0 Å². The summed E-state index contributed by atoms with van der Waals surface area (Å²) in [5, 5.41) is 1.08. The fraction of sp³-hybridized carbons (Fsp3) is 0.348. The summed E-state index contributed by atoms with van der Waals surface area (Å²) in [6.07, 6.45) is 1.82. The number of Topliss-reactive ketones (excluding diaryl/α,β-unsaturated/α-hetero) is 1. The Morgan fingerprint density at radius 2 is 2.07 bits per heavy atom. The van der Waals surface area contributed by atoms with Gasteiger partial charge in [0.15, 0.2) is 10.9 Å². The third-order valence-corrected chi connectivity index (χ3v) is 6.09. The highest BCUT2D eigenvalue weighted by molar-refractivity contribution is 7.99. The molecule has 0 N–H and O–H groups in total. The molecule has 0 bridgehead atoms. The highest BCUT2D eigenvalue weighted by atomic mass is 32.2. The molecule has 3 rings (SSSR count). The van der Waals surface area contributed by atoms with E-state index in [0.29, 0.717) is 34.8 Å². The number of thioether (sulfide) groups is 1. The van der Waals surface area contributed by atoms with Crippen molar-refractivity contribution >= 4 is 28.4 Å². The first-order valence-electron chi connectivity index (χ1n) is 9.82. The molecule has 30 heavy (non-hydrogen) atoms. The van der Waals surface area contributed by atoms with Gasteiger partial charge in [-0.25, -0.2) is 4.98 Å². The van der Waals surface area contributed by atoms with Gasteiger partial charge in [-0.05, 0) is 39.0 Å². The predicted octanol–water partition coefficient (Wildman–Crippen LogP) is 4.18. The number of nitrogens with zero attached hydrogens (tertiary/aromatic N) is 3. The van der Waals surface area contributed by atoms with Crippen molar-refractivity contribution in [2.45, 2.75) is 38.5 Å². The molecule has 158 valence electrons. The Morgan fingerprint density at radius 3 is 2.77 bits per heavy atom. The molecule has 0 saturated heterocycles. The normalized spacial score (nSPS) is 12.3. The first-order valence-corrected chi connectivity index (χ1v) is 10.8. The minimum Gasteiger partial charge on any atom is -0.383 e. The molecule has 0 fully saturated rings. The summed E-state index contributed by atoms with van der Waals surface area (Å²) in [4.78, 5) is 30.8. The van der Waals surface area contributed by atoms with Crippen LogP contribution in [0.15, 0.2) is 52.9 Å². The summed E-state index contributed by atoms with van der Waals surface area (Å²) in [7, 11) is 1.60. The number of carbonyl (C=O) groups excluding carboxylic acids is 1. The molecule has 3 aromatic rings. The monoisotopic (exact) mass is 425 g/mol. The lowest BCUT2D eigenvalue weighted by Crippen LogP contribution is -2.28. The van der Waals surface area contributed by atoms with Crippen LogP contribution in [0, 0.1) is 13.8 Å². The van der Waals surface area contributed by atoms with Crippen LogP contribution >= 0.6 is 11.8 Å². The number of para-hydroxylation sites is 1. The molecular weight excluding hydrogens is 398 g/mol. The predicted molar refractivity (Wildman–Crippen MR) is 122 cm³/mol. The van der Waals surface area contributed by atoms with E-state index >= 15 is 0 Å². The number of aryl methyl sites for hydroxylation is 1. The van der Waals surface area contributed by atoms with Gasteiger partial charge >= 0.3 is 0 Å². The largest absolute Gasteiger partial charge is 0.383 e. The van der Waals surface area contributed by atoms with Gasteiger partial charge in [-0.15, -0.1) is 6.58 Å². The fourth-order valence-corrected chi connectivity index (χ4v) is 4.61. The van der Waals surface area contributed by atoms with Gasteiger partial charge in [-0.3, -0.25) is 14.2 Å². The van der Waals surface area contributed by atoms with Crippen molar-refractivity contribution in [1.29, 1.82) is 0 Å². The number of methoxy groups -OCH3 is 1. The molecule has 0 aliphatic heterocycles. The van der Waals surface area contributed by atoms with Crippen LogP contribution in [0.25, 0.3) is 10.9 Å². The summed E-state index contributed by atoms with van der Waals surface area (Å²) in [5.41, 5.74) is 3.15. The van der Waals surface area contributed by atoms with Crippen molar-refractivity contribution in [2.24, 2.45) is 0 Å². The molecule has 7 heteroatoms. The third kappa shape index (κ3) is 4.27. The standard InChI is InChI=1S/C23H27N3O3S/c1-6-11-25-15(2)12-19(17(25)4)21(27)14-30-23-24-20-10-8-7-9-18(20)22(28)26(23)16(3)13-29-5/h6-10,12,16H,1,11,13-14H2,2-5H3/t16-/m0/s1. The number of ether oxygens (including phenoxy) is 1. The van der Waals surface area contributed by atoms with Crippen LogP contribution in [0.4, 0.5) is 0 Å². The highest BCUT2D eigenvalue weighted by Gasteiger charge is 2.20. The number of ketones is 1. The van der Waals surface area contributed by atoms with Crippen LogP contribution in [0.1, 0.15) is 34.7 Å². The Labute approximate surface area is 180 Å². The molecule has 1 atom stereocenters. The van der Waals surface area contributed by atoms with E-state index in [1.165, 1.54) is 11.8 Å².